The Bertz CT molecular complexity index is 747. The van der Waals surface area contributed by atoms with Crippen molar-refractivity contribution in [1.29, 1.82) is 0 Å². The number of hydrogen-bond donors (Lipinski definition) is 1. The van der Waals surface area contributed by atoms with Crippen molar-refractivity contribution in [1.82, 2.24) is 19.5 Å². The number of carbonyl (C=O) groups excluding carboxylic acids is 1. The molecular formula is C14H19N5O2S. The van der Waals surface area contributed by atoms with E-state index in [1.165, 1.54) is 28.3 Å². The van der Waals surface area contributed by atoms with E-state index in [0.29, 0.717) is 15.8 Å². The van der Waals surface area contributed by atoms with E-state index in [0.717, 1.165) is 25.9 Å². The van der Waals surface area contributed by atoms with Crippen LogP contribution >= 0.6 is 11.3 Å². The Morgan fingerprint density at radius 2 is 2.09 bits per heavy atom. The summed E-state index contributed by atoms with van der Waals surface area (Å²) in [6.45, 7) is 5.25. The molecule has 8 heteroatoms. The van der Waals surface area contributed by atoms with Crippen molar-refractivity contribution < 1.29 is 4.79 Å². The van der Waals surface area contributed by atoms with Crippen molar-refractivity contribution in [3.8, 4) is 0 Å². The highest BCUT2D eigenvalue weighted by atomic mass is 32.1. The van der Waals surface area contributed by atoms with Gasteiger partial charge in [-0.3, -0.25) is 9.59 Å². The SMILES string of the molecule is Cc1cc(=O)n2nc(NC(C)C(=O)N3CCCCC3)sc2n1. The van der Waals surface area contributed by atoms with E-state index in [9.17, 15) is 9.59 Å². The molecule has 1 atom stereocenters. The maximum atomic E-state index is 12.4. The Balaban J connectivity index is 1.76. The molecule has 2 aromatic heterocycles. The van der Waals surface area contributed by atoms with Crippen molar-refractivity contribution in [2.75, 3.05) is 18.4 Å². The fourth-order valence-electron chi connectivity index (χ4n) is 2.61. The number of carbonyl (C=O) groups is 1. The zero-order valence-corrected chi connectivity index (χ0v) is 13.5. The largest absolute Gasteiger partial charge is 0.349 e. The Hall–Kier alpha value is -1.96. The van der Waals surface area contributed by atoms with Gasteiger partial charge in [-0.25, -0.2) is 4.98 Å². The van der Waals surface area contributed by atoms with Crippen LogP contribution in [0.3, 0.4) is 0 Å². The third-order valence-corrected chi connectivity index (χ3v) is 4.59. The zero-order valence-electron chi connectivity index (χ0n) is 12.7. The number of nitrogens with one attached hydrogen (secondary N) is 1. The lowest BCUT2D eigenvalue weighted by Crippen LogP contribution is -2.43. The maximum Gasteiger partial charge on any atom is 0.275 e. The highest BCUT2D eigenvalue weighted by Gasteiger charge is 2.23. The number of anilines is 1. The molecule has 3 rings (SSSR count). The van der Waals surface area contributed by atoms with Crippen molar-refractivity contribution in [2.45, 2.75) is 39.2 Å². The predicted octanol–water partition coefficient (Wildman–Crippen LogP) is 1.27. The summed E-state index contributed by atoms with van der Waals surface area (Å²) in [6.07, 6.45) is 3.33. The molecule has 118 valence electrons. The van der Waals surface area contributed by atoms with E-state index in [1.54, 1.807) is 6.92 Å². The first-order chi connectivity index (χ1) is 10.5. The average molecular weight is 321 g/mol. The van der Waals surface area contributed by atoms with Gasteiger partial charge in [0.05, 0.1) is 0 Å². The van der Waals surface area contributed by atoms with Gasteiger partial charge in [-0.1, -0.05) is 11.3 Å². The van der Waals surface area contributed by atoms with Crippen molar-refractivity contribution in [2.24, 2.45) is 0 Å². The van der Waals surface area contributed by atoms with Crippen LogP contribution in [-0.4, -0.2) is 44.5 Å². The molecule has 0 aliphatic carbocycles. The van der Waals surface area contributed by atoms with Gasteiger partial charge in [0.25, 0.3) is 5.56 Å². The standard InChI is InChI=1S/C14H19N5O2S/c1-9-8-11(20)19-14(15-9)22-13(17-19)16-10(2)12(21)18-6-4-3-5-7-18/h8,10H,3-7H2,1-2H3,(H,16,17). The lowest BCUT2D eigenvalue weighted by Gasteiger charge is -2.29. The van der Waals surface area contributed by atoms with Gasteiger partial charge in [-0.05, 0) is 33.1 Å². The Labute approximate surface area is 132 Å². The summed E-state index contributed by atoms with van der Waals surface area (Å²) in [5.74, 6) is 0.0791. The molecule has 2 aromatic rings. The monoisotopic (exact) mass is 321 g/mol. The van der Waals surface area contributed by atoms with Gasteiger partial charge in [0.1, 0.15) is 6.04 Å². The van der Waals surface area contributed by atoms with Crippen molar-refractivity contribution in [3.63, 3.8) is 0 Å². The van der Waals surface area contributed by atoms with Crippen LogP contribution in [-0.2, 0) is 4.79 Å². The average Bonchev–Trinajstić information content (AvgIpc) is 2.90. The number of aromatic nitrogens is 3. The topological polar surface area (TPSA) is 79.6 Å². The van der Waals surface area contributed by atoms with Gasteiger partial charge in [0.2, 0.25) is 16.0 Å². The number of hydrogen-bond acceptors (Lipinski definition) is 6. The molecule has 1 aliphatic heterocycles. The van der Waals surface area contributed by atoms with Gasteiger partial charge in [0.15, 0.2) is 0 Å². The fourth-order valence-corrected chi connectivity index (χ4v) is 3.55. The van der Waals surface area contributed by atoms with Gasteiger partial charge in [-0.2, -0.15) is 4.52 Å². The third-order valence-electron chi connectivity index (χ3n) is 3.75. The summed E-state index contributed by atoms with van der Waals surface area (Å²) in [6, 6.07) is 1.08. The number of fused-ring (bicyclic) bond motifs is 1. The quantitative estimate of drug-likeness (QED) is 0.921. The molecule has 1 aliphatic rings. The van der Waals surface area contributed by atoms with Crippen LogP contribution < -0.4 is 10.9 Å². The number of aryl methyl sites for hydroxylation is 1. The predicted molar refractivity (Wildman–Crippen MR) is 85.4 cm³/mol. The van der Waals surface area contributed by atoms with E-state index < -0.39 is 0 Å². The van der Waals surface area contributed by atoms with Crippen LogP contribution in [0.2, 0.25) is 0 Å². The Kier molecular flexibility index (Phi) is 4.10. The smallest absolute Gasteiger partial charge is 0.275 e. The summed E-state index contributed by atoms with van der Waals surface area (Å²) < 4.78 is 1.26. The van der Waals surface area contributed by atoms with Crippen molar-refractivity contribution in [3.05, 3.63) is 22.1 Å². The Morgan fingerprint density at radius 3 is 2.82 bits per heavy atom. The number of piperidine rings is 1. The molecule has 22 heavy (non-hydrogen) atoms. The van der Waals surface area contributed by atoms with Crippen LogP contribution in [0.1, 0.15) is 31.9 Å². The van der Waals surface area contributed by atoms with Gasteiger partial charge in [0, 0.05) is 24.8 Å². The molecule has 0 spiro atoms. The second-order valence-electron chi connectivity index (χ2n) is 5.59. The second kappa shape index (κ2) is 6.04. The minimum Gasteiger partial charge on any atom is -0.349 e. The molecule has 7 nitrogen and oxygen atoms in total. The highest BCUT2D eigenvalue weighted by Crippen LogP contribution is 2.18. The normalized spacial score (nSPS) is 16.7. The molecular weight excluding hydrogens is 302 g/mol. The molecule has 0 radical (unpaired) electrons. The molecule has 1 amide bonds. The lowest BCUT2D eigenvalue weighted by atomic mass is 10.1. The van der Waals surface area contributed by atoms with Crippen LogP contribution in [0.4, 0.5) is 5.13 Å². The van der Waals surface area contributed by atoms with E-state index in [2.05, 4.69) is 15.4 Å². The molecule has 0 saturated carbocycles. The summed E-state index contributed by atoms with van der Waals surface area (Å²) in [4.78, 5) is 30.9. The van der Waals surface area contributed by atoms with Crippen LogP contribution in [0, 0.1) is 6.92 Å². The minimum atomic E-state index is -0.365. The van der Waals surface area contributed by atoms with E-state index >= 15 is 0 Å². The molecule has 1 unspecified atom stereocenters. The van der Waals surface area contributed by atoms with Gasteiger partial charge in [-0.15, -0.1) is 5.10 Å². The van der Waals surface area contributed by atoms with E-state index in [1.807, 2.05) is 11.8 Å². The van der Waals surface area contributed by atoms with Crippen LogP contribution in [0.25, 0.3) is 4.96 Å². The minimum absolute atomic E-state index is 0.0791. The van der Waals surface area contributed by atoms with E-state index in [4.69, 9.17) is 0 Å². The van der Waals surface area contributed by atoms with Crippen LogP contribution in [0.15, 0.2) is 10.9 Å². The third kappa shape index (κ3) is 2.96. The number of amides is 1. The van der Waals surface area contributed by atoms with Gasteiger partial charge >= 0.3 is 0 Å². The number of nitrogens with zero attached hydrogens (tertiary/aromatic N) is 4. The fraction of sp³-hybridized carbons (Fsp3) is 0.571. The summed E-state index contributed by atoms with van der Waals surface area (Å²) in [5.41, 5.74) is 0.458. The van der Waals surface area contributed by atoms with Crippen molar-refractivity contribution >= 4 is 27.3 Å². The highest BCUT2D eigenvalue weighted by molar-refractivity contribution is 7.20. The molecule has 0 aromatic carbocycles. The summed E-state index contributed by atoms with van der Waals surface area (Å²) >= 11 is 1.28. The zero-order chi connectivity index (χ0) is 15.7. The maximum absolute atomic E-state index is 12.4. The molecule has 1 saturated heterocycles. The molecule has 0 bridgehead atoms. The summed E-state index contributed by atoms with van der Waals surface area (Å²) in [5, 5.41) is 7.83. The number of likely N-dealkylation sites (tertiary alicyclic amines) is 1. The first kappa shape index (κ1) is 15.0. The molecule has 1 fully saturated rings. The first-order valence-corrected chi connectivity index (χ1v) is 8.29. The van der Waals surface area contributed by atoms with E-state index in [-0.39, 0.29) is 17.5 Å². The van der Waals surface area contributed by atoms with Gasteiger partial charge < -0.3 is 10.2 Å². The molecule has 1 N–H and O–H groups in total. The van der Waals surface area contributed by atoms with Crippen LogP contribution in [0.5, 0.6) is 0 Å². The lowest BCUT2D eigenvalue weighted by molar-refractivity contribution is -0.132. The second-order valence-corrected chi connectivity index (χ2v) is 6.55. The Morgan fingerprint density at radius 1 is 1.36 bits per heavy atom. The number of rotatable bonds is 3. The first-order valence-electron chi connectivity index (χ1n) is 7.47. The summed E-state index contributed by atoms with van der Waals surface area (Å²) in [7, 11) is 0. The molecule has 3 heterocycles.